The minimum Gasteiger partial charge on any atom is -0.363 e. The zero-order valence-electron chi connectivity index (χ0n) is 6.31. The molecule has 10 heavy (non-hydrogen) atoms. The predicted molar refractivity (Wildman–Crippen MR) is 47.0 cm³/mol. The highest BCUT2D eigenvalue weighted by Gasteiger charge is 2.20. The average molecular weight is 158 g/mol. The van der Waals surface area contributed by atoms with Crippen LogP contribution in [0.5, 0.6) is 0 Å². The molecule has 0 aromatic rings. The molecule has 3 heteroatoms. The van der Waals surface area contributed by atoms with E-state index in [0.29, 0.717) is 0 Å². The highest BCUT2D eigenvalue weighted by molar-refractivity contribution is 7.80. The van der Waals surface area contributed by atoms with Gasteiger partial charge in [0.15, 0.2) is 5.11 Å². The molecule has 1 saturated carbocycles. The molecular formula is C7H14N2S. The van der Waals surface area contributed by atoms with Gasteiger partial charge in [0, 0.05) is 13.1 Å². The Kier molecular flexibility index (Phi) is 2.93. The minimum absolute atomic E-state index is 0.800. The van der Waals surface area contributed by atoms with Crippen molar-refractivity contribution in [1.29, 1.82) is 0 Å². The van der Waals surface area contributed by atoms with E-state index in [9.17, 15) is 0 Å². The van der Waals surface area contributed by atoms with Crippen LogP contribution in [0.2, 0.25) is 0 Å². The summed E-state index contributed by atoms with van der Waals surface area (Å²) in [7, 11) is 0. The molecule has 1 aliphatic rings. The lowest BCUT2D eigenvalue weighted by atomic mass is 10.4. The highest BCUT2D eigenvalue weighted by atomic mass is 32.1. The third-order valence-corrected chi connectivity index (χ3v) is 1.87. The monoisotopic (exact) mass is 158 g/mol. The van der Waals surface area contributed by atoms with Gasteiger partial charge in [-0.2, -0.15) is 0 Å². The Morgan fingerprint density at radius 2 is 2.20 bits per heavy atom. The summed E-state index contributed by atoms with van der Waals surface area (Å²) in [4.78, 5) is 0. The van der Waals surface area contributed by atoms with Crippen LogP contribution in [0.15, 0.2) is 0 Å². The Morgan fingerprint density at radius 1 is 1.50 bits per heavy atom. The fourth-order valence-corrected chi connectivity index (χ4v) is 1.01. The summed E-state index contributed by atoms with van der Waals surface area (Å²) in [6, 6.07) is 0. The van der Waals surface area contributed by atoms with Crippen molar-refractivity contribution in [2.75, 3.05) is 13.1 Å². The van der Waals surface area contributed by atoms with Crippen molar-refractivity contribution in [2.45, 2.75) is 19.8 Å². The molecule has 1 fully saturated rings. The molecular weight excluding hydrogens is 144 g/mol. The second kappa shape index (κ2) is 3.76. The molecule has 2 nitrogen and oxygen atoms in total. The first-order valence-electron chi connectivity index (χ1n) is 3.84. The maximum Gasteiger partial charge on any atom is 0.166 e. The fourth-order valence-electron chi connectivity index (χ4n) is 0.782. The normalized spacial score (nSPS) is 16.5. The SMILES string of the molecule is CCNC(=S)NCC1CC1. The summed E-state index contributed by atoms with van der Waals surface area (Å²) in [5, 5.41) is 7.02. The second-order valence-corrected chi connectivity index (χ2v) is 3.09. The number of hydrogen-bond acceptors (Lipinski definition) is 1. The number of rotatable bonds is 3. The van der Waals surface area contributed by atoms with E-state index in [4.69, 9.17) is 12.2 Å². The molecule has 0 amide bonds. The molecule has 0 spiro atoms. The number of nitrogens with one attached hydrogen (secondary N) is 2. The minimum atomic E-state index is 0.800. The van der Waals surface area contributed by atoms with Gasteiger partial charge in [-0.1, -0.05) is 0 Å². The van der Waals surface area contributed by atoms with Crippen molar-refractivity contribution in [3.63, 3.8) is 0 Å². The van der Waals surface area contributed by atoms with Gasteiger partial charge < -0.3 is 10.6 Å². The summed E-state index contributed by atoms with van der Waals surface area (Å²) in [5.41, 5.74) is 0. The van der Waals surface area contributed by atoms with Crippen LogP contribution in [0.3, 0.4) is 0 Å². The van der Waals surface area contributed by atoms with E-state index < -0.39 is 0 Å². The quantitative estimate of drug-likeness (QED) is 0.596. The first kappa shape index (κ1) is 7.79. The first-order chi connectivity index (χ1) is 4.83. The summed E-state index contributed by atoms with van der Waals surface area (Å²) < 4.78 is 0. The third-order valence-electron chi connectivity index (χ3n) is 1.59. The van der Waals surface area contributed by atoms with Crippen molar-refractivity contribution in [3.8, 4) is 0 Å². The molecule has 0 atom stereocenters. The summed E-state index contributed by atoms with van der Waals surface area (Å²) in [6.07, 6.45) is 2.75. The Hall–Kier alpha value is -0.310. The van der Waals surface area contributed by atoms with Crippen LogP contribution < -0.4 is 10.6 Å². The van der Waals surface area contributed by atoms with E-state index in [2.05, 4.69) is 10.6 Å². The van der Waals surface area contributed by atoms with Crippen molar-refractivity contribution < 1.29 is 0 Å². The van der Waals surface area contributed by atoms with E-state index in [0.717, 1.165) is 24.1 Å². The lowest BCUT2D eigenvalue weighted by Gasteiger charge is -2.06. The summed E-state index contributed by atoms with van der Waals surface area (Å²) >= 11 is 4.98. The average Bonchev–Trinajstić information content (AvgIpc) is 2.67. The Bertz CT molecular complexity index is 121. The fraction of sp³-hybridized carbons (Fsp3) is 0.857. The van der Waals surface area contributed by atoms with Gasteiger partial charge in [-0.3, -0.25) is 0 Å². The zero-order chi connectivity index (χ0) is 7.40. The van der Waals surface area contributed by atoms with E-state index in [-0.39, 0.29) is 0 Å². The van der Waals surface area contributed by atoms with Crippen LogP contribution >= 0.6 is 12.2 Å². The molecule has 0 unspecified atom stereocenters. The maximum absolute atomic E-state index is 4.98. The molecule has 0 aromatic heterocycles. The van der Waals surface area contributed by atoms with Gasteiger partial charge in [0.25, 0.3) is 0 Å². The predicted octanol–water partition coefficient (Wildman–Crippen LogP) is 0.880. The van der Waals surface area contributed by atoms with Gasteiger partial charge in [-0.05, 0) is 37.9 Å². The third kappa shape index (κ3) is 3.01. The van der Waals surface area contributed by atoms with Gasteiger partial charge >= 0.3 is 0 Å². The second-order valence-electron chi connectivity index (χ2n) is 2.68. The van der Waals surface area contributed by atoms with Crippen LogP contribution in [0.1, 0.15) is 19.8 Å². The largest absolute Gasteiger partial charge is 0.363 e. The summed E-state index contributed by atoms with van der Waals surface area (Å²) in [6.45, 7) is 4.02. The molecule has 0 saturated heterocycles. The lowest BCUT2D eigenvalue weighted by Crippen LogP contribution is -2.36. The smallest absolute Gasteiger partial charge is 0.166 e. The van der Waals surface area contributed by atoms with Gasteiger partial charge in [-0.25, -0.2) is 0 Å². The molecule has 58 valence electrons. The molecule has 2 N–H and O–H groups in total. The van der Waals surface area contributed by atoms with Crippen molar-refractivity contribution in [1.82, 2.24) is 10.6 Å². The molecule has 1 rings (SSSR count). The molecule has 0 aliphatic heterocycles. The highest BCUT2D eigenvalue weighted by Crippen LogP contribution is 2.27. The first-order valence-corrected chi connectivity index (χ1v) is 4.25. The molecule has 0 radical (unpaired) electrons. The van der Waals surface area contributed by atoms with Crippen molar-refractivity contribution in [3.05, 3.63) is 0 Å². The van der Waals surface area contributed by atoms with E-state index >= 15 is 0 Å². The topological polar surface area (TPSA) is 24.1 Å². The van der Waals surface area contributed by atoms with Crippen LogP contribution in [0.4, 0.5) is 0 Å². The Labute approximate surface area is 67.4 Å². The van der Waals surface area contributed by atoms with Gasteiger partial charge in [0.1, 0.15) is 0 Å². The summed E-state index contributed by atoms with van der Waals surface area (Å²) in [5.74, 6) is 0.900. The van der Waals surface area contributed by atoms with Gasteiger partial charge in [-0.15, -0.1) is 0 Å². The van der Waals surface area contributed by atoms with Crippen molar-refractivity contribution in [2.24, 2.45) is 5.92 Å². The molecule has 0 heterocycles. The van der Waals surface area contributed by atoms with Gasteiger partial charge in [0.05, 0.1) is 0 Å². The van der Waals surface area contributed by atoms with Crippen LogP contribution in [-0.2, 0) is 0 Å². The van der Waals surface area contributed by atoms with E-state index in [1.807, 2.05) is 6.92 Å². The number of thiocarbonyl (C=S) groups is 1. The van der Waals surface area contributed by atoms with Crippen molar-refractivity contribution >= 4 is 17.3 Å². The van der Waals surface area contributed by atoms with E-state index in [1.54, 1.807) is 0 Å². The Balaban J connectivity index is 1.94. The standard InChI is InChI=1S/C7H14N2S/c1-2-8-7(10)9-5-6-3-4-6/h6H,2-5H2,1H3,(H2,8,9,10). The van der Waals surface area contributed by atoms with Crippen LogP contribution in [-0.4, -0.2) is 18.2 Å². The van der Waals surface area contributed by atoms with Gasteiger partial charge in [0.2, 0.25) is 0 Å². The zero-order valence-corrected chi connectivity index (χ0v) is 7.13. The number of hydrogen-bond donors (Lipinski definition) is 2. The maximum atomic E-state index is 4.98. The Morgan fingerprint density at radius 3 is 2.70 bits per heavy atom. The molecule has 0 aromatic carbocycles. The van der Waals surface area contributed by atoms with E-state index in [1.165, 1.54) is 12.8 Å². The molecule has 0 bridgehead atoms. The molecule has 1 aliphatic carbocycles. The van der Waals surface area contributed by atoms with Crippen LogP contribution in [0.25, 0.3) is 0 Å². The van der Waals surface area contributed by atoms with Crippen LogP contribution in [0, 0.1) is 5.92 Å². The lowest BCUT2D eigenvalue weighted by molar-refractivity contribution is 0.756.